The van der Waals surface area contributed by atoms with Gasteiger partial charge in [-0.3, -0.25) is 5.01 Å². The molecule has 0 saturated carbocycles. The Morgan fingerprint density at radius 1 is 1.24 bits per heavy atom. The number of likely N-dealkylation sites (N-methyl/N-ethyl adjacent to an activating group) is 1. The maximum absolute atomic E-state index is 4.49. The van der Waals surface area contributed by atoms with Gasteiger partial charge in [0, 0.05) is 30.7 Å². The van der Waals surface area contributed by atoms with Gasteiger partial charge in [0.25, 0.3) is 0 Å². The molecule has 5 heteroatoms. The molecule has 1 aliphatic rings. The third kappa shape index (κ3) is 4.66. The summed E-state index contributed by atoms with van der Waals surface area (Å²) < 4.78 is 1.09. The van der Waals surface area contributed by atoms with E-state index in [2.05, 4.69) is 50.1 Å². The Kier molecular flexibility index (Phi) is 5.95. The fourth-order valence-corrected chi connectivity index (χ4v) is 2.06. The minimum Gasteiger partial charge on any atom is -0.303 e. The Bertz CT molecular complexity index is 376. The lowest BCUT2D eigenvalue weighted by Gasteiger charge is -2.30. The molecule has 17 heavy (non-hydrogen) atoms. The summed E-state index contributed by atoms with van der Waals surface area (Å²) in [5.41, 5.74) is 1.13. The second-order valence-corrected chi connectivity index (χ2v) is 4.97. The lowest BCUT2D eigenvalue weighted by Crippen LogP contribution is -2.41. The Labute approximate surface area is 117 Å². The van der Waals surface area contributed by atoms with Crippen LogP contribution in [-0.2, 0) is 0 Å². The van der Waals surface area contributed by atoms with Crippen LogP contribution in [0.25, 0.3) is 0 Å². The largest absolute Gasteiger partial charge is 0.303 e. The summed E-state index contributed by atoms with van der Waals surface area (Å²) in [6, 6.07) is 8.17. The zero-order valence-electron chi connectivity index (χ0n) is 9.84. The standard InChI is InChI=1S/C12H16BrN3.ClH/c1-15-5-7-16(8-6-15)14-10-11-3-2-4-12(13)9-11;/h2-4,9-10H,5-8H2,1H3;1H/b14-10+;. The van der Waals surface area contributed by atoms with Gasteiger partial charge in [0.05, 0.1) is 6.21 Å². The Hall–Kier alpha value is -0.580. The van der Waals surface area contributed by atoms with Crippen LogP contribution in [0.3, 0.4) is 0 Å². The molecule has 0 N–H and O–H groups in total. The number of piperazine rings is 1. The highest BCUT2D eigenvalue weighted by Gasteiger charge is 2.10. The van der Waals surface area contributed by atoms with Crippen LogP contribution in [-0.4, -0.2) is 49.4 Å². The van der Waals surface area contributed by atoms with E-state index in [0.717, 1.165) is 36.2 Å². The van der Waals surface area contributed by atoms with Crippen molar-refractivity contribution in [3.63, 3.8) is 0 Å². The zero-order chi connectivity index (χ0) is 11.4. The van der Waals surface area contributed by atoms with Gasteiger partial charge in [-0.15, -0.1) is 12.4 Å². The molecule has 1 aliphatic heterocycles. The van der Waals surface area contributed by atoms with E-state index in [4.69, 9.17) is 0 Å². The Balaban J connectivity index is 0.00000144. The summed E-state index contributed by atoms with van der Waals surface area (Å²) in [6.45, 7) is 4.22. The average Bonchev–Trinajstić information content (AvgIpc) is 2.28. The fourth-order valence-electron chi connectivity index (χ4n) is 1.65. The number of benzene rings is 1. The van der Waals surface area contributed by atoms with Crippen LogP contribution in [0.4, 0.5) is 0 Å². The highest BCUT2D eigenvalue weighted by atomic mass is 79.9. The third-order valence-corrected chi connectivity index (χ3v) is 3.19. The van der Waals surface area contributed by atoms with Crippen LogP contribution < -0.4 is 0 Å². The first-order valence-electron chi connectivity index (χ1n) is 5.47. The van der Waals surface area contributed by atoms with Gasteiger partial charge in [0.2, 0.25) is 0 Å². The van der Waals surface area contributed by atoms with E-state index in [1.165, 1.54) is 0 Å². The summed E-state index contributed by atoms with van der Waals surface area (Å²) in [4.78, 5) is 2.32. The quantitative estimate of drug-likeness (QED) is 0.780. The van der Waals surface area contributed by atoms with Crippen LogP contribution in [0.15, 0.2) is 33.8 Å². The molecular formula is C12H17BrClN3. The van der Waals surface area contributed by atoms with E-state index in [1.54, 1.807) is 0 Å². The van der Waals surface area contributed by atoms with Crippen molar-refractivity contribution in [2.24, 2.45) is 5.10 Å². The predicted octanol–water partition coefficient (Wildman–Crippen LogP) is 2.45. The minimum absolute atomic E-state index is 0. The van der Waals surface area contributed by atoms with Gasteiger partial charge in [-0.05, 0) is 24.7 Å². The van der Waals surface area contributed by atoms with Crippen LogP contribution in [0.1, 0.15) is 5.56 Å². The molecule has 3 nitrogen and oxygen atoms in total. The molecule has 1 aromatic carbocycles. The van der Waals surface area contributed by atoms with Crippen LogP contribution in [0.5, 0.6) is 0 Å². The van der Waals surface area contributed by atoms with Gasteiger partial charge in [0.15, 0.2) is 0 Å². The number of hydrogen-bond acceptors (Lipinski definition) is 3. The molecule has 94 valence electrons. The second kappa shape index (κ2) is 6.99. The molecular weight excluding hydrogens is 302 g/mol. The van der Waals surface area contributed by atoms with Crippen LogP contribution >= 0.6 is 28.3 Å². The highest BCUT2D eigenvalue weighted by Crippen LogP contribution is 2.10. The number of hydrazone groups is 1. The van der Waals surface area contributed by atoms with Gasteiger partial charge in [0.1, 0.15) is 0 Å². The smallest absolute Gasteiger partial charge is 0.0543 e. The Morgan fingerprint density at radius 2 is 1.94 bits per heavy atom. The number of rotatable bonds is 2. The van der Waals surface area contributed by atoms with Gasteiger partial charge in [-0.1, -0.05) is 28.1 Å². The predicted molar refractivity (Wildman–Crippen MR) is 78.1 cm³/mol. The van der Waals surface area contributed by atoms with Crippen molar-refractivity contribution in [2.75, 3.05) is 33.2 Å². The summed E-state index contributed by atoms with van der Waals surface area (Å²) in [5.74, 6) is 0. The summed E-state index contributed by atoms with van der Waals surface area (Å²) >= 11 is 3.45. The van der Waals surface area contributed by atoms with Crippen molar-refractivity contribution >= 4 is 34.6 Å². The van der Waals surface area contributed by atoms with Gasteiger partial charge in [-0.25, -0.2) is 0 Å². The molecule has 0 aromatic heterocycles. The van der Waals surface area contributed by atoms with Crippen molar-refractivity contribution in [2.45, 2.75) is 0 Å². The highest BCUT2D eigenvalue weighted by molar-refractivity contribution is 9.10. The van der Waals surface area contributed by atoms with Crippen LogP contribution in [0, 0.1) is 0 Å². The molecule has 0 bridgehead atoms. The molecule has 0 spiro atoms. The maximum atomic E-state index is 4.49. The maximum Gasteiger partial charge on any atom is 0.0543 e. The van der Waals surface area contributed by atoms with Crippen LogP contribution in [0.2, 0.25) is 0 Å². The van der Waals surface area contributed by atoms with Crippen molar-refractivity contribution in [1.82, 2.24) is 9.91 Å². The lowest BCUT2D eigenvalue weighted by atomic mass is 10.2. The molecule has 0 atom stereocenters. The van der Waals surface area contributed by atoms with E-state index in [0.29, 0.717) is 0 Å². The first-order chi connectivity index (χ1) is 7.74. The van der Waals surface area contributed by atoms with Crippen molar-refractivity contribution in [1.29, 1.82) is 0 Å². The number of nitrogens with zero attached hydrogens (tertiary/aromatic N) is 3. The molecule has 0 unspecified atom stereocenters. The zero-order valence-corrected chi connectivity index (χ0v) is 12.2. The summed E-state index contributed by atoms with van der Waals surface area (Å²) in [5, 5.41) is 6.62. The molecule has 1 fully saturated rings. The molecule has 0 radical (unpaired) electrons. The normalized spacial score (nSPS) is 17.2. The van der Waals surface area contributed by atoms with Crippen molar-refractivity contribution in [3.05, 3.63) is 34.3 Å². The van der Waals surface area contributed by atoms with E-state index >= 15 is 0 Å². The first-order valence-corrected chi connectivity index (χ1v) is 6.26. The number of hydrogen-bond donors (Lipinski definition) is 0. The minimum atomic E-state index is 0. The van der Waals surface area contributed by atoms with E-state index in [-0.39, 0.29) is 12.4 Å². The average molecular weight is 319 g/mol. The molecule has 0 aliphatic carbocycles. The summed E-state index contributed by atoms with van der Waals surface area (Å²) in [7, 11) is 2.15. The van der Waals surface area contributed by atoms with Crippen molar-refractivity contribution in [3.8, 4) is 0 Å². The van der Waals surface area contributed by atoms with Gasteiger partial charge < -0.3 is 4.90 Å². The SMILES string of the molecule is CN1CCN(/N=C/c2cccc(Br)c2)CC1.Cl. The lowest BCUT2D eigenvalue weighted by molar-refractivity contribution is 0.159. The van der Waals surface area contributed by atoms with E-state index < -0.39 is 0 Å². The van der Waals surface area contributed by atoms with E-state index in [1.807, 2.05) is 18.3 Å². The molecule has 0 amide bonds. The topological polar surface area (TPSA) is 18.8 Å². The molecule has 1 heterocycles. The Morgan fingerprint density at radius 3 is 2.59 bits per heavy atom. The third-order valence-electron chi connectivity index (χ3n) is 2.70. The van der Waals surface area contributed by atoms with E-state index in [9.17, 15) is 0 Å². The van der Waals surface area contributed by atoms with Gasteiger partial charge >= 0.3 is 0 Å². The monoisotopic (exact) mass is 317 g/mol. The number of halogens is 2. The van der Waals surface area contributed by atoms with Crippen molar-refractivity contribution < 1.29 is 0 Å². The fraction of sp³-hybridized carbons (Fsp3) is 0.417. The molecule has 1 saturated heterocycles. The van der Waals surface area contributed by atoms with Gasteiger partial charge in [-0.2, -0.15) is 5.10 Å². The summed E-state index contributed by atoms with van der Waals surface area (Å²) in [6.07, 6.45) is 1.93. The molecule has 2 rings (SSSR count). The first kappa shape index (κ1) is 14.5. The second-order valence-electron chi connectivity index (χ2n) is 4.06. The molecule has 1 aromatic rings.